The standard InChI is InChI=1S/C25H27N3O3S/c1-17-8-9-22-23(18(17)2)26-25(32-22)28(11-5-10-27-12-14-30-15-13-27)24(29)21-16-19-6-3-4-7-20(19)31-21/h3-4,6-9,16H,5,10-15H2,1-2H3. The third-order valence-corrected chi connectivity index (χ3v) is 7.19. The first-order valence-corrected chi connectivity index (χ1v) is 11.9. The smallest absolute Gasteiger partial charge is 0.295 e. The van der Waals surface area contributed by atoms with Crippen LogP contribution in [0.5, 0.6) is 0 Å². The normalized spacial score (nSPS) is 14.9. The molecule has 32 heavy (non-hydrogen) atoms. The SMILES string of the molecule is Cc1ccc2sc(N(CCCN3CCOCC3)C(=O)c3cc4ccccc4o3)nc2c1C. The van der Waals surface area contributed by atoms with E-state index in [-0.39, 0.29) is 5.91 Å². The Hall–Kier alpha value is -2.74. The van der Waals surface area contributed by atoms with Crippen molar-refractivity contribution in [3.8, 4) is 0 Å². The van der Waals surface area contributed by atoms with E-state index in [4.69, 9.17) is 14.1 Å². The van der Waals surface area contributed by atoms with Gasteiger partial charge in [0.05, 0.1) is 23.4 Å². The molecule has 2 aromatic carbocycles. The summed E-state index contributed by atoms with van der Waals surface area (Å²) in [6, 6.07) is 13.7. The number of furan rings is 1. The van der Waals surface area contributed by atoms with E-state index in [1.54, 1.807) is 16.2 Å². The molecule has 0 radical (unpaired) electrons. The van der Waals surface area contributed by atoms with Gasteiger partial charge in [0, 0.05) is 31.6 Å². The molecule has 7 heteroatoms. The van der Waals surface area contributed by atoms with Gasteiger partial charge in [-0.15, -0.1) is 0 Å². The van der Waals surface area contributed by atoms with Gasteiger partial charge in [-0.1, -0.05) is 35.6 Å². The number of benzene rings is 2. The zero-order chi connectivity index (χ0) is 22.1. The number of thiazole rings is 1. The molecule has 6 nitrogen and oxygen atoms in total. The monoisotopic (exact) mass is 449 g/mol. The molecule has 0 aliphatic carbocycles. The van der Waals surface area contributed by atoms with Crippen molar-refractivity contribution in [3.63, 3.8) is 0 Å². The van der Waals surface area contributed by atoms with Crippen molar-refractivity contribution in [1.29, 1.82) is 0 Å². The fraction of sp³-hybridized carbons (Fsp3) is 0.360. The van der Waals surface area contributed by atoms with Crippen molar-refractivity contribution in [2.45, 2.75) is 20.3 Å². The summed E-state index contributed by atoms with van der Waals surface area (Å²) < 4.78 is 12.4. The van der Waals surface area contributed by atoms with Gasteiger partial charge in [-0.25, -0.2) is 4.98 Å². The zero-order valence-corrected chi connectivity index (χ0v) is 19.3. The summed E-state index contributed by atoms with van der Waals surface area (Å²) in [4.78, 5) is 22.7. The topological polar surface area (TPSA) is 58.8 Å². The minimum Gasteiger partial charge on any atom is -0.451 e. The van der Waals surface area contributed by atoms with Crippen molar-refractivity contribution in [2.24, 2.45) is 0 Å². The molecule has 0 atom stereocenters. The highest BCUT2D eigenvalue weighted by atomic mass is 32.1. The highest BCUT2D eigenvalue weighted by molar-refractivity contribution is 7.22. The maximum atomic E-state index is 13.6. The van der Waals surface area contributed by atoms with Gasteiger partial charge in [0.2, 0.25) is 0 Å². The average molecular weight is 450 g/mol. The molecule has 0 N–H and O–H groups in total. The van der Waals surface area contributed by atoms with Crippen LogP contribution in [0.25, 0.3) is 21.2 Å². The van der Waals surface area contributed by atoms with Crippen LogP contribution in [0, 0.1) is 13.8 Å². The maximum absolute atomic E-state index is 13.6. The Morgan fingerprint density at radius 2 is 1.97 bits per heavy atom. The number of amides is 1. The number of rotatable bonds is 6. The number of carbonyl (C=O) groups excluding carboxylic acids is 1. The number of nitrogens with zero attached hydrogens (tertiary/aromatic N) is 3. The van der Waals surface area contributed by atoms with Gasteiger partial charge in [-0.3, -0.25) is 14.6 Å². The molecule has 4 aromatic rings. The lowest BCUT2D eigenvalue weighted by Gasteiger charge is -2.27. The molecule has 1 fully saturated rings. The highest BCUT2D eigenvalue weighted by Crippen LogP contribution is 2.33. The highest BCUT2D eigenvalue weighted by Gasteiger charge is 2.25. The quantitative estimate of drug-likeness (QED) is 0.413. The van der Waals surface area contributed by atoms with Gasteiger partial charge in [0.1, 0.15) is 5.58 Å². The minimum absolute atomic E-state index is 0.142. The van der Waals surface area contributed by atoms with Gasteiger partial charge >= 0.3 is 0 Å². The first-order chi connectivity index (χ1) is 15.6. The Morgan fingerprint density at radius 1 is 1.16 bits per heavy atom. The summed E-state index contributed by atoms with van der Waals surface area (Å²) in [6.45, 7) is 9.13. The molecule has 0 unspecified atom stereocenters. The van der Waals surface area contributed by atoms with Crippen molar-refractivity contribution in [1.82, 2.24) is 9.88 Å². The molecule has 1 aliphatic heterocycles. The third-order valence-electron chi connectivity index (χ3n) is 6.15. The van der Waals surface area contributed by atoms with Crippen LogP contribution in [0.3, 0.4) is 0 Å². The van der Waals surface area contributed by atoms with Crippen molar-refractivity contribution in [2.75, 3.05) is 44.3 Å². The second-order valence-electron chi connectivity index (χ2n) is 8.26. The largest absolute Gasteiger partial charge is 0.451 e. The number of aromatic nitrogens is 1. The van der Waals surface area contributed by atoms with E-state index < -0.39 is 0 Å². The molecule has 5 rings (SSSR count). The fourth-order valence-electron chi connectivity index (χ4n) is 4.11. The van der Waals surface area contributed by atoms with Crippen LogP contribution < -0.4 is 4.90 Å². The Balaban J connectivity index is 1.45. The third kappa shape index (κ3) is 4.16. The number of morpholine rings is 1. The molecule has 2 aromatic heterocycles. The van der Waals surface area contributed by atoms with Crippen LogP contribution in [0.2, 0.25) is 0 Å². The number of aryl methyl sites for hydroxylation is 2. The van der Waals surface area contributed by atoms with Gasteiger partial charge in [-0.05, 0) is 49.6 Å². The van der Waals surface area contributed by atoms with E-state index >= 15 is 0 Å². The first kappa shape index (κ1) is 21.1. The van der Waals surface area contributed by atoms with E-state index in [1.165, 1.54) is 5.56 Å². The van der Waals surface area contributed by atoms with Gasteiger partial charge in [-0.2, -0.15) is 0 Å². The van der Waals surface area contributed by atoms with E-state index in [1.807, 2.05) is 30.3 Å². The lowest BCUT2D eigenvalue weighted by Crippen LogP contribution is -2.39. The lowest BCUT2D eigenvalue weighted by atomic mass is 10.1. The van der Waals surface area contributed by atoms with Crippen molar-refractivity contribution in [3.05, 3.63) is 59.4 Å². The second-order valence-corrected chi connectivity index (χ2v) is 9.27. The van der Waals surface area contributed by atoms with Crippen LogP contribution >= 0.6 is 11.3 Å². The molecule has 1 saturated heterocycles. The van der Waals surface area contributed by atoms with Crippen LogP contribution in [0.15, 0.2) is 46.9 Å². The molecule has 0 bridgehead atoms. The Morgan fingerprint density at radius 3 is 2.78 bits per heavy atom. The number of ether oxygens (including phenoxy) is 1. The number of carbonyl (C=O) groups is 1. The molecule has 0 saturated carbocycles. The molecular weight excluding hydrogens is 422 g/mol. The predicted octanol–water partition coefficient (Wildman–Crippen LogP) is 5.03. The van der Waals surface area contributed by atoms with Gasteiger partial charge < -0.3 is 9.15 Å². The number of anilines is 1. The number of hydrogen-bond acceptors (Lipinski definition) is 6. The summed E-state index contributed by atoms with van der Waals surface area (Å²) >= 11 is 1.56. The Bertz CT molecular complexity index is 1220. The molecule has 3 heterocycles. The predicted molar refractivity (Wildman–Crippen MR) is 129 cm³/mol. The van der Waals surface area contributed by atoms with Crippen molar-refractivity contribution < 1.29 is 13.9 Å². The zero-order valence-electron chi connectivity index (χ0n) is 18.5. The summed E-state index contributed by atoms with van der Waals surface area (Å²) in [5.41, 5.74) is 4.06. The Labute approximate surface area is 191 Å². The molecule has 166 valence electrons. The van der Waals surface area contributed by atoms with Crippen LogP contribution in [0.1, 0.15) is 28.1 Å². The Kier molecular flexibility index (Phi) is 5.95. The first-order valence-electron chi connectivity index (χ1n) is 11.1. The molecule has 1 amide bonds. The van der Waals surface area contributed by atoms with Crippen LogP contribution in [-0.2, 0) is 4.74 Å². The second kappa shape index (κ2) is 9.02. The van der Waals surface area contributed by atoms with E-state index in [2.05, 4.69) is 30.9 Å². The minimum atomic E-state index is -0.142. The average Bonchev–Trinajstić information content (AvgIpc) is 3.44. The van der Waals surface area contributed by atoms with Gasteiger partial charge in [0.15, 0.2) is 10.9 Å². The lowest BCUT2D eigenvalue weighted by molar-refractivity contribution is 0.0376. The molecule has 0 spiro atoms. The molecular formula is C25H27N3O3S. The summed E-state index contributed by atoms with van der Waals surface area (Å²) in [7, 11) is 0. The summed E-state index contributed by atoms with van der Waals surface area (Å²) in [5.74, 6) is 0.210. The summed E-state index contributed by atoms with van der Waals surface area (Å²) in [5, 5.41) is 1.65. The van der Waals surface area contributed by atoms with Crippen molar-refractivity contribution >= 4 is 43.6 Å². The van der Waals surface area contributed by atoms with E-state index in [0.29, 0.717) is 12.3 Å². The molecule has 1 aliphatic rings. The van der Waals surface area contributed by atoms with Crippen LogP contribution in [-0.4, -0.2) is 55.2 Å². The van der Waals surface area contributed by atoms with E-state index in [9.17, 15) is 4.79 Å². The summed E-state index contributed by atoms with van der Waals surface area (Å²) in [6.07, 6.45) is 0.861. The number of hydrogen-bond donors (Lipinski definition) is 0. The van der Waals surface area contributed by atoms with E-state index in [0.717, 1.165) is 71.1 Å². The fourth-order valence-corrected chi connectivity index (χ4v) is 5.16. The maximum Gasteiger partial charge on any atom is 0.295 e. The number of para-hydroxylation sites is 1. The van der Waals surface area contributed by atoms with Crippen LogP contribution in [0.4, 0.5) is 5.13 Å². The number of fused-ring (bicyclic) bond motifs is 2. The van der Waals surface area contributed by atoms with Gasteiger partial charge in [0.25, 0.3) is 5.91 Å².